The van der Waals surface area contributed by atoms with E-state index in [2.05, 4.69) is 26.0 Å². The van der Waals surface area contributed by atoms with Crippen molar-refractivity contribution in [2.45, 2.75) is 39.3 Å². The summed E-state index contributed by atoms with van der Waals surface area (Å²) in [5.41, 5.74) is 2.16. The maximum atomic E-state index is 13.3. The molecule has 1 aliphatic rings. The number of carboxylic acids is 2. The van der Waals surface area contributed by atoms with E-state index in [1.54, 1.807) is 4.90 Å². The van der Waals surface area contributed by atoms with Crippen molar-refractivity contribution >= 4 is 23.5 Å². The fraction of sp³-hybridized carbons (Fsp3) is 0.400. The Hall–Kier alpha value is -3.23. The lowest BCUT2D eigenvalue weighted by atomic mass is 9.97. The Kier molecular flexibility index (Phi) is 9.57. The van der Waals surface area contributed by atoms with Crippen LogP contribution in [-0.4, -0.2) is 49.2 Å². The number of aliphatic carboxylic acids is 2. The van der Waals surface area contributed by atoms with Crippen LogP contribution in [0.4, 0.5) is 5.69 Å². The Labute approximate surface area is 194 Å². The van der Waals surface area contributed by atoms with Crippen LogP contribution in [0.25, 0.3) is 0 Å². The molecule has 0 bridgehead atoms. The van der Waals surface area contributed by atoms with Crippen molar-refractivity contribution in [3.8, 4) is 0 Å². The minimum Gasteiger partial charge on any atom is -0.539 e. The van der Waals surface area contributed by atoms with Crippen LogP contribution in [0, 0.1) is 0 Å². The summed E-state index contributed by atoms with van der Waals surface area (Å²) in [5, 5.41) is 16.3. The van der Waals surface area contributed by atoms with Crippen LogP contribution in [0.3, 0.4) is 0 Å². The minimum absolute atomic E-state index is 0.0303. The van der Waals surface area contributed by atoms with E-state index in [-0.39, 0.29) is 5.91 Å². The Morgan fingerprint density at radius 1 is 1.06 bits per heavy atom. The molecule has 1 heterocycles. The molecule has 1 unspecified atom stereocenters. The van der Waals surface area contributed by atoms with Crippen LogP contribution < -0.4 is 14.9 Å². The number of amides is 1. The van der Waals surface area contributed by atoms with Crippen molar-refractivity contribution in [3.05, 3.63) is 65.7 Å². The summed E-state index contributed by atoms with van der Waals surface area (Å²) < 4.78 is 6.23. The minimum atomic E-state index is -2.07. The second-order valence-corrected chi connectivity index (χ2v) is 7.93. The van der Waals surface area contributed by atoms with Crippen molar-refractivity contribution in [1.29, 1.82) is 0 Å². The van der Waals surface area contributed by atoms with Crippen molar-refractivity contribution in [1.82, 2.24) is 0 Å². The van der Waals surface area contributed by atoms with Crippen molar-refractivity contribution in [3.63, 3.8) is 0 Å². The molecule has 0 fully saturated rings. The number of para-hydroxylation sites is 1. The van der Waals surface area contributed by atoms with E-state index in [1.807, 2.05) is 54.3 Å². The number of rotatable bonds is 9. The Bertz CT molecular complexity index is 933. The number of nitrogens with one attached hydrogen (secondary N) is 1. The van der Waals surface area contributed by atoms with E-state index in [1.165, 1.54) is 0 Å². The second kappa shape index (κ2) is 12.1. The molecular formula is C25H32N2O6. The maximum absolute atomic E-state index is 13.3. The summed E-state index contributed by atoms with van der Waals surface area (Å²) in [4.78, 5) is 34.8. The summed E-state index contributed by atoms with van der Waals surface area (Å²) in [6.45, 7) is 10.8. The van der Waals surface area contributed by atoms with E-state index < -0.39 is 17.5 Å². The zero-order valence-electron chi connectivity index (χ0n) is 19.4. The van der Waals surface area contributed by atoms with Gasteiger partial charge in [0.15, 0.2) is 11.6 Å². The van der Waals surface area contributed by atoms with Gasteiger partial charge in [-0.25, -0.2) is 4.79 Å². The lowest BCUT2D eigenvalue weighted by Crippen LogP contribution is -3.11. The molecule has 2 aromatic carbocycles. The fourth-order valence-electron chi connectivity index (χ4n) is 3.86. The maximum Gasteiger partial charge on any atom is 0.351 e. The van der Waals surface area contributed by atoms with Gasteiger partial charge in [0.2, 0.25) is 0 Å². The number of carbonyl (C=O) groups excluding carboxylic acids is 2. The number of hydrogen-bond acceptors (Lipinski definition) is 5. The van der Waals surface area contributed by atoms with Crippen molar-refractivity contribution in [2.75, 3.05) is 31.1 Å². The highest BCUT2D eigenvalue weighted by molar-refractivity contribution is 6.26. The lowest BCUT2D eigenvalue weighted by Gasteiger charge is -2.25. The number of benzene rings is 2. The molecule has 8 heteroatoms. The van der Waals surface area contributed by atoms with Gasteiger partial charge >= 0.3 is 5.97 Å². The molecule has 1 amide bonds. The summed E-state index contributed by atoms with van der Waals surface area (Å²) in [7, 11) is 0. The van der Waals surface area contributed by atoms with Crippen molar-refractivity contribution < 1.29 is 34.2 Å². The van der Waals surface area contributed by atoms with Gasteiger partial charge in [0.25, 0.3) is 5.91 Å². The topological polar surface area (TPSA) is 111 Å². The molecule has 3 rings (SSSR count). The number of carboxylic acid groups (broad SMARTS) is 2. The average Bonchev–Trinajstić information content (AvgIpc) is 3.02. The van der Waals surface area contributed by atoms with Gasteiger partial charge in [-0.1, -0.05) is 48.5 Å². The molecule has 2 N–H and O–H groups in total. The van der Waals surface area contributed by atoms with Gasteiger partial charge in [0.1, 0.15) is 0 Å². The Balaban J connectivity index is 0.000000569. The number of nitrogens with zero attached hydrogens (tertiary/aromatic N) is 1. The highest BCUT2D eigenvalue weighted by atomic mass is 16.5. The summed E-state index contributed by atoms with van der Waals surface area (Å²) in [6, 6.07) is 18.1. The zero-order valence-corrected chi connectivity index (χ0v) is 19.4. The number of anilines is 1. The molecule has 33 heavy (non-hydrogen) atoms. The first-order chi connectivity index (χ1) is 15.7. The molecular weight excluding hydrogens is 424 g/mol. The van der Waals surface area contributed by atoms with Gasteiger partial charge in [-0.05, 0) is 32.4 Å². The van der Waals surface area contributed by atoms with Gasteiger partial charge in [-0.2, -0.15) is 0 Å². The van der Waals surface area contributed by atoms with E-state index >= 15 is 0 Å². The molecule has 0 aliphatic carbocycles. The molecule has 1 aliphatic heterocycles. The molecule has 0 saturated heterocycles. The van der Waals surface area contributed by atoms with Crippen LogP contribution >= 0.6 is 0 Å². The summed E-state index contributed by atoms with van der Waals surface area (Å²) >= 11 is 0. The number of fused-ring (bicyclic) bond motifs is 1. The molecule has 0 radical (unpaired) electrons. The number of carbonyl (C=O) groups is 3. The quantitative estimate of drug-likeness (QED) is 0.422. The molecule has 2 aromatic rings. The van der Waals surface area contributed by atoms with Gasteiger partial charge in [0, 0.05) is 12.0 Å². The van der Waals surface area contributed by atoms with Crippen LogP contribution in [0.2, 0.25) is 0 Å². The molecule has 8 nitrogen and oxygen atoms in total. The third-order valence-corrected chi connectivity index (χ3v) is 5.79. The van der Waals surface area contributed by atoms with E-state index in [0.717, 1.165) is 42.9 Å². The Morgan fingerprint density at radius 3 is 2.21 bits per heavy atom. The smallest absolute Gasteiger partial charge is 0.351 e. The molecule has 178 valence electrons. The highest BCUT2D eigenvalue weighted by Crippen LogP contribution is 2.43. The number of quaternary nitrogens is 1. The second-order valence-electron chi connectivity index (χ2n) is 7.93. The highest BCUT2D eigenvalue weighted by Gasteiger charge is 2.48. The van der Waals surface area contributed by atoms with E-state index in [9.17, 15) is 4.79 Å². The first kappa shape index (κ1) is 26.0. The first-order valence-electron chi connectivity index (χ1n) is 11.1. The number of hydrogen-bond donors (Lipinski definition) is 2. The molecule has 1 atom stereocenters. The van der Waals surface area contributed by atoms with Crippen LogP contribution in [0.5, 0.6) is 0 Å². The SMILES string of the molecule is CC[NH+](CC)CCCOC1(C)C(=O)N(Cc2ccccc2)c2ccccc21.O=C([O-])C(=O)O. The summed E-state index contributed by atoms with van der Waals surface area (Å²) in [5.74, 6) is -3.98. The lowest BCUT2D eigenvalue weighted by molar-refractivity contribution is -0.896. The van der Waals surface area contributed by atoms with E-state index in [4.69, 9.17) is 24.5 Å². The summed E-state index contributed by atoms with van der Waals surface area (Å²) in [6.07, 6.45) is 0.959. The average molecular weight is 457 g/mol. The third-order valence-electron chi connectivity index (χ3n) is 5.79. The predicted molar refractivity (Wildman–Crippen MR) is 122 cm³/mol. The van der Waals surface area contributed by atoms with Gasteiger partial charge in [0.05, 0.1) is 38.5 Å². The van der Waals surface area contributed by atoms with Crippen LogP contribution in [-0.2, 0) is 31.3 Å². The predicted octanol–water partition coefficient (Wildman–Crippen LogP) is 0.601. The van der Waals surface area contributed by atoms with Gasteiger partial charge in [-0.15, -0.1) is 0 Å². The molecule has 0 spiro atoms. The Morgan fingerprint density at radius 2 is 1.64 bits per heavy atom. The van der Waals surface area contributed by atoms with Crippen molar-refractivity contribution in [2.24, 2.45) is 0 Å². The molecule has 0 aromatic heterocycles. The molecule has 0 saturated carbocycles. The zero-order chi connectivity index (χ0) is 24.4. The number of ether oxygens (including phenoxy) is 1. The standard InChI is InChI=1S/C23H30N2O2.C2H2O4/c1-4-24(5-2)16-11-17-27-23(3)20-14-9-10-15-21(20)25(22(23)26)18-19-12-7-6-8-13-19;3-1(4)2(5)6/h6-10,12-15H,4-5,11,16-18H2,1-3H3;(H,3,4)(H,5,6). The largest absolute Gasteiger partial charge is 0.539 e. The van der Waals surface area contributed by atoms with Gasteiger partial charge < -0.3 is 29.5 Å². The normalized spacial score (nSPS) is 16.8. The van der Waals surface area contributed by atoms with E-state index in [0.29, 0.717) is 13.2 Å². The third kappa shape index (κ3) is 6.63. The first-order valence-corrected chi connectivity index (χ1v) is 11.1. The van der Waals surface area contributed by atoms with Crippen LogP contribution in [0.15, 0.2) is 54.6 Å². The van der Waals surface area contributed by atoms with Gasteiger partial charge in [-0.3, -0.25) is 4.79 Å². The van der Waals surface area contributed by atoms with Crippen LogP contribution in [0.1, 0.15) is 38.3 Å². The fourth-order valence-corrected chi connectivity index (χ4v) is 3.86. The monoisotopic (exact) mass is 456 g/mol.